The van der Waals surface area contributed by atoms with Crippen molar-refractivity contribution in [2.24, 2.45) is 0 Å². The third-order valence-corrected chi connectivity index (χ3v) is 1.81. The largest absolute Gasteiger partial charge is 0.462 e. The second-order valence-corrected chi connectivity index (χ2v) is 2.69. The van der Waals surface area contributed by atoms with E-state index in [9.17, 15) is 0 Å². The molecule has 0 atom stereocenters. The minimum Gasteiger partial charge on any atom is -0.462 e. The van der Waals surface area contributed by atoms with Gasteiger partial charge in [-0.15, -0.1) is 0 Å². The molecule has 0 amide bonds. The lowest BCUT2D eigenvalue weighted by atomic mass is 10.1. The van der Waals surface area contributed by atoms with E-state index in [4.69, 9.17) is 4.42 Å². The van der Waals surface area contributed by atoms with Crippen molar-refractivity contribution in [2.45, 2.75) is 19.8 Å². The van der Waals surface area contributed by atoms with E-state index in [1.54, 1.807) is 0 Å². The van der Waals surface area contributed by atoms with E-state index in [0.717, 1.165) is 24.4 Å². The fourth-order valence-electron chi connectivity index (χ4n) is 1.35. The van der Waals surface area contributed by atoms with Gasteiger partial charge >= 0.3 is 0 Å². The zero-order valence-electron chi connectivity index (χ0n) is 6.05. The molecule has 0 aliphatic heterocycles. The summed E-state index contributed by atoms with van der Waals surface area (Å²) < 4.78 is 5.42. The van der Waals surface area contributed by atoms with Crippen LogP contribution < -0.4 is 0 Å². The van der Waals surface area contributed by atoms with Crippen molar-refractivity contribution in [1.29, 1.82) is 0 Å². The van der Waals surface area contributed by atoms with Crippen LogP contribution in [-0.2, 0) is 6.42 Å². The average Bonchev–Trinajstić information content (AvgIpc) is 2.27. The van der Waals surface area contributed by atoms with Crippen LogP contribution in [0, 0.1) is 6.92 Å². The van der Waals surface area contributed by atoms with Crippen LogP contribution in [0.25, 0.3) is 6.08 Å². The Kier molecular flexibility index (Phi) is 1.16. The predicted octanol–water partition coefficient (Wildman–Crippen LogP) is 2.55. The van der Waals surface area contributed by atoms with Crippen LogP contribution in [0.5, 0.6) is 0 Å². The van der Waals surface area contributed by atoms with Gasteiger partial charge in [0.05, 0.1) is 0 Å². The molecule has 1 aliphatic rings. The molecule has 1 nitrogen and oxygen atoms in total. The van der Waals surface area contributed by atoms with E-state index >= 15 is 0 Å². The standard InChI is InChI=1S/C9H10O/c1-7-6-8-4-2-3-5-9(8)10-7/h3,5-6H,2,4H2,1H3. The Labute approximate surface area is 60.4 Å². The molecule has 0 spiro atoms. The van der Waals surface area contributed by atoms with Gasteiger partial charge in [-0.2, -0.15) is 0 Å². The highest BCUT2D eigenvalue weighted by Gasteiger charge is 2.07. The van der Waals surface area contributed by atoms with Crippen molar-refractivity contribution in [3.63, 3.8) is 0 Å². The normalized spacial score (nSPS) is 15.3. The van der Waals surface area contributed by atoms with Crippen molar-refractivity contribution >= 4 is 6.08 Å². The molecule has 0 saturated carbocycles. The minimum atomic E-state index is 1.02. The van der Waals surface area contributed by atoms with Crippen LogP contribution in [0.1, 0.15) is 23.5 Å². The number of aryl methyl sites for hydroxylation is 2. The Morgan fingerprint density at radius 1 is 1.50 bits per heavy atom. The van der Waals surface area contributed by atoms with Gasteiger partial charge in [0.15, 0.2) is 0 Å². The summed E-state index contributed by atoms with van der Waals surface area (Å²) in [4.78, 5) is 0. The molecule has 1 heteroatoms. The molecule has 10 heavy (non-hydrogen) atoms. The van der Waals surface area contributed by atoms with Gasteiger partial charge in [0.1, 0.15) is 11.5 Å². The summed E-state index contributed by atoms with van der Waals surface area (Å²) in [6, 6.07) is 2.12. The molecule has 1 aromatic heterocycles. The van der Waals surface area contributed by atoms with Gasteiger partial charge in [0.2, 0.25) is 0 Å². The third kappa shape index (κ3) is 0.783. The first kappa shape index (κ1) is 5.78. The summed E-state index contributed by atoms with van der Waals surface area (Å²) in [6.45, 7) is 1.99. The first-order valence-electron chi connectivity index (χ1n) is 3.62. The maximum atomic E-state index is 5.42. The molecule has 2 rings (SSSR count). The monoisotopic (exact) mass is 134 g/mol. The first-order valence-corrected chi connectivity index (χ1v) is 3.62. The van der Waals surface area contributed by atoms with Gasteiger partial charge < -0.3 is 4.42 Å². The van der Waals surface area contributed by atoms with Crippen LogP contribution in [0.15, 0.2) is 16.6 Å². The second kappa shape index (κ2) is 2.01. The summed E-state index contributed by atoms with van der Waals surface area (Å²) in [5.74, 6) is 2.08. The number of fused-ring (bicyclic) bond motifs is 1. The Morgan fingerprint density at radius 3 is 3.20 bits per heavy atom. The number of rotatable bonds is 0. The van der Waals surface area contributed by atoms with Gasteiger partial charge in [0, 0.05) is 0 Å². The average molecular weight is 134 g/mol. The molecular formula is C9H10O. The quantitative estimate of drug-likeness (QED) is 0.531. The molecule has 52 valence electrons. The first-order chi connectivity index (χ1) is 4.86. The van der Waals surface area contributed by atoms with Crippen molar-refractivity contribution < 1.29 is 4.42 Å². The van der Waals surface area contributed by atoms with Gasteiger partial charge in [-0.3, -0.25) is 0 Å². The summed E-state index contributed by atoms with van der Waals surface area (Å²) in [5, 5.41) is 0. The highest BCUT2D eigenvalue weighted by Crippen LogP contribution is 2.21. The number of allylic oxidation sites excluding steroid dienone is 1. The van der Waals surface area contributed by atoms with Crippen molar-refractivity contribution in [3.8, 4) is 0 Å². The number of hydrogen-bond donors (Lipinski definition) is 0. The summed E-state index contributed by atoms with van der Waals surface area (Å²) in [5.41, 5.74) is 1.36. The van der Waals surface area contributed by atoms with Crippen LogP contribution in [0.3, 0.4) is 0 Å². The fraction of sp³-hybridized carbons (Fsp3) is 0.333. The van der Waals surface area contributed by atoms with Gasteiger partial charge in [-0.1, -0.05) is 6.08 Å². The summed E-state index contributed by atoms with van der Waals surface area (Å²) in [7, 11) is 0. The van der Waals surface area contributed by atoms with E-state index in [-0.39, 0.29) is 0 Å². The van der Waals surface area contributed by atoms with Crippen LogP contribution in [0.4, 0.5) is 0 Å². The lowest BCUT2D eigenvalue weighted by Gasteiger charge is -1.99. The Morgan fingerprint density at radius 2 is 2.40 bits per heavy atom. The Hall–Kier alpha value is -0.980. The predicted molar refractivity (Wildman–Crippen MR) is 40.8 cm³/mol. The second-order valence-electron chi connectivity index (χ2n) is 2.69. The maximum absolute atomic E-state index is 5.42. The smallest absolute Gasteiger partial charge is 0.129 e. The fourth-order valence-corrected chi connectivity index (χ4v) is 1.35. The summed E-state index contributed by atoms with van der Waals surface area (Å²) >= 11 is 0. The highest BCUT2D eigenvalue weighted by molar-refractivity contribution is 5.50. The SMILES string of the molecule is Cc1cc2c(o1)C=CCC2. The molecule has 0 saturated heterocycles. The summed E-state index contributed by atoms with van der Waals surface area (Å²) in [6.07, 6.45) is 6.52. The van der Waals surface area contributed by atoms with Crippen LogP contribution in [-0.4, -0.2) is 0 Å². The zero-order chi connectivity index (χ0) is 6.97. The van der Waals surface area contributed by atoms with Gasteiger partial charge in [-0.25, -0.2) is 0 Å². The molecule has 0 N–H and O–H groups in total. The van der Waals surface area contributed by atoms with Crippen molar-refractivity contribution in [2.75, 3.05) is 0 Å². The van der Waals surface area contributed by atoms with Gasteiger partial charge in [0.25, 0.3) is 0 Å². The van der Waals surface area contributed by atoms with Crippen LogP contribution >= 0.6 is 0 Å². The molecule has 1 aromatic rings. The van der Waals surface area contributed by atoms with E-state index < -0.39 is 0 Å². The van der Waals surface area contributed by atoms with E-state index in [2.05, 4.69) is 18.2 Å². The Balaban J connectivity index is 2.53. The number of furan rings is 1. The molecule has 0 bridgehead atoms. The molecule has 0 fully saturated rings. The van der Waals surface area contributed by atoms with E-state index in [1.807, 2.05) is 6.92 Å². The maximum Gasteiger partial charge on any atom is 0.129 e. The molecule has 0 aromatic carbocycles. The number of hydrogen-bond acceptors (Lipinski definition) is 1. The highest BCUT2D eigenvalue weighted by atomic mass is 16.3. The molecular weight excluding hydrogens is 124 g/mol. The molecule has 1 heterocycles. The Bertz CT molecular complexity index is 268. The zero-order valence-corrected chi connectivity index (χ0v) is 6.05. The molecule has 0 unspecified atom stereocenters. The minimum absolute atomic E-state index is 1.02. The van der Waals surface area contributed by atoms with Crippen LogP contribution in [0.2, 0.25) is 0 Å². The topological polar surface area (TPSA) is 13.1 Å². The molecule has 1 aliphatic carbocycles. The third-order valence-electron chi connectivity index (χ3n) is 1.81. The lowest BCUT2D eigenvalue weighted by Crippen LogP contribution is -1.87. The van der Waals surface area contributed by atoms with Crippen molar-refractivity contribution in [1.82, 2.24) is 0 Å². The van der Waals surface area contributed by atoms with Gasteiger partial charge in [-0.05, 0) is 37.5 Å². The lowest BCUT2D eigenvalue weighted by molar-refractivity contribution is 0.520. The van der Waals surface area contributed by atoms with Crippen molar-refractivity contribution in [3.05, 3.63) is 29.2 Å². The molecule has 0 radical (unpaired) electrons. The van der Waals surface area contributed by atoms with E-state index in [0.29, 0.717) is 0 Å². The van der Waals surface area contributed by atoms with E-state index in [1.165, 1.54) is 5.56 Å².